The van der Waals surface area contributed by atoms with E-state index in [2.05, 4.69) is 9.72 Å². The zero-order valence-electron chi connectivity index (χ0n) is 12.1. The van der Waals surface area contributed by atoms with E-state index in [4.69, 9.17) is 0 Å². The average molecular weight is 294 g/mol. The Morgan fingerprint density at radius 3 is 2.70 bits per heavy atom. The molecule has 0 fully saturated rings. The molecule has 0 aromatic carbocycles. The van der Waals surface area contributed by atoms with Crippen molar-refractivity contribution < 1.29 is 9.53 Å². The number of rotatable bonds is 4. The summed E-state index contributed by atoms with van der Waals surface area (Å²) < 4.78 is 6.24. The van der Waals surface area contributed by atoms with Gasteiger partial charge >= 0.3 is 5.97 Å². The lowest BCUT2D eigenvalue weighted by Gasteiger charge is -2.09. The van der Waals surface area contributed by atoms with Crippen LogP contribution in [0.5, 0.6) is 0 Å². The van der Waals surface area contributed by atoms with Crippen LogP contribution in [0.1, 0.15) is 29.1 Å². The Morgan fingerprint density at radius 1 is 1.35 bits per heavy atom. The Labute approximate surface area is 121 Å². The van der Waals surface area contributed by atoms with E-state index >= 15 is 0 Å². The lowest BCUT2D eigenvalue weighted by molar-refractivity contribution is -0.140. The molecule has 0 bridgehead atoms. The summed E-state index contributed by atoms with van der Waals surface area (Å²) in [5.74, 6) is 0.431. The fraction of sp³-hybridized carbons (Fsp3) is 0.500. The first-order chi connectivity index (χ1) is 9.45. The minimum Gasteiger partial charge on any atom is -0.469 e. The molecule has 5 nitrogen and oxygen atoms in total. The standard InChI is InChI=1S/C14H18N2O3S/c1-8-9(2)20-13-12(8)14(18)16(10(3)15-13)7-5-6-11(17)19-4/h5-7H2,1-4H3. The lowest BCUT2D eigenvalue weighted by atomic mass is 10.2. The summed E-state index contributed by atoms with van der Waals surface area (Å²) in [4.78, 5) is 30.1. The summed E-state index contributed by atoms with van der Waals surface area (Å²) in [6, 6.07) is 0. The van der Waals surface area contributed by atoms with E-state index in [1.165, 1.54) is 7.11 Å². The van der Waals surface area contributed by atoms with Gasteiger partial charge < -0.3 is 4.74 Å². The van der Waals surface area contributed by atoms with Crippen molar-refractivity contribution in [3.63, 3.8) is 0 Å². The number of nitrogens with zero attached hydrogens (tertiary/aromatic N) is 2. The van der Waals surface area contributed by atoms with E-state index in [1.54, 1.807) is 15.9 Å². The average Bonchev–Trinajstić information content (AvgIpc) is 2.68. The number of esters is 1. The number of hydrogen-bond acceptors (Lipinski definition) is 5. The first-order valence-corrected chi connectivity index (χ1v) is 7.31. The zero-order valence-corrected chi connectivity index (χ0v) is 13.0. The van der Waals surface area contributed by atoms with Crippen LogP contribution in [0.25, 0.3) is 10.2 Å². The van der Waals surface area contributed by atoms with E-state index in [0.29, 0.717) is 30.6 Å². The number of ether oxygens (including phenoxy) is 1. The molecule has 0 atom stereocenters. The number of fused-ring (bicyclic) bond motifs is 1. The van der Waals surface area contributed by atoms with Gasteiger partial charge in [0.05, 0.1) is 12.5 Å². The predicted molar refractivity (Wildman–Crippen MR) is 79.3 cm³/mol. The van der Waals surface area contributed by atoms with Crippen LogP contribution in [0.3, 0.4) is 0 Å². The Balaban J connectivity index is 2.36. The van der Waals surface area contributed by atoms with Crippen molar-refractivity contribution in [3.05, 3.63) is 26.6 Å². The molecule has 0 aliphatic heterocycles. The zero-order chi connectivity index (χ0) is 14.9. The Morgan fingerprint density at radius 2 is 2.05 bits per heavy atom. The molecule has 0 radical (unpaired) electrons. The van der Waals surface area contributed by atoms with Crippen molar-refractivity contribution in [2.45, 2.75) is 40.2 Å². The molecule has 108 valence electrons. The van der Waals surface area contributed by atoms with E-state index < -0.39 is 0 Å². The van der Waals surface area contributed by atoms with Crippen LogP contribution in [0.4, 0.5) is 0 Å². The number of aromatic nitrogens is 2. The van der Waals surface area contributed by atoms with Gasteiger partial charge in [-0.15, -0.1) is 11.3 Å². The van der Waals surface area contributed by atoms with Gasteiger partial charge in [-0.2, -0.15) is 0 Å². The second-order valence-corrected chi connectivity index (χ2v) is 5.96. The maximum absolute atomic E-state index is 12.5. The molecule has 0 saturated heterocycles. The summed E-state index contributed by atoms with van der Waals surface area (Å²) in [6.07, 6.45) is 0.880. The third-order valence-electron chi connectivity index (χ3n) is 3.47. The quantitative estimate of drug-likeness (QED) is 0.812. The Kier molecular flexibility index (Phi) is 4.23. The largest absolute Gasteiger partial charge is 0.469 e. The van der Waals surface area contributed by atoms with Crippen molar-refractivity contribution in [1.29, 1.82) is 0 Å². The van der Waals surface area contributed by atoms with Gasteiger partial charge in [0.25, 0.3) is 5.56 Å². The molecule has 6 heteroatoms. The van der Waals surface area contributed by atoms with Crippen molar-refractivity contribution in [3.8, 4) is 0 Å². The number of carbonyl (C=O) groups is 1. The van der Waals surface area contributed by atoms with Gasteiger partial charge in [0.1, 0.15) is 10.7 Å². The van der Waals surface area contributed by atoms with Crippen molar-refractivity contribution >= 4 is 27.5 Å². The molecular formula is C14H18N2O3S. The highest BCUT2D eigenvalue weighted by molar-refractivity contribution is 7.18. The van der Waals surface area contributed by atoms with Crippen LogP contribution < -0.4 is 5.56 Å². The van der Waals surface area contributed by atoms with E-state index in [9.17, 15) is 9.59 Å². The maximum Gasteiger partial charge on any atom is 0.305 e. The molecule has 0 aliphatic rings. The molecule has 0 saturated carbocycles. The SMILES string of the molecule is COC(=O)CCCn1c(C)nc2sc(C)c(C)c2c1=O. The van der Waals surface area contributed by atoms with Crippen LogP contribution in [-0.4, -0.2) is 22.6 Å². The molecular weight excluding hydrogens is 276 g/mol. The van der Waals surface area contributed by atoms with E-state index in [0.717, 1.165) is 15.3 Å². The fourth-order valence-electron chi connectivity index (χ4n) is 2.18. The highest BCUT2D eigenvalue weighted by Gasteiger charge is 2.14. The molecule has 2 aromatic heterocycles. The molecule has 0 N–H and O–H groups in total. The van der Waals surface area contributed by atoms with Crippen LogP contribution in [0.2, 0.25) is 0 Å². The van der Waals surface area contributed by atoms with Gasteiger partial charge in [-0.05, 0) is 32.8 Å². The van der Waals surface area contributed by atoms with E-state index in [1.807, 2.05) is 20.8 Å². The molecule has 2 heterocycles. The summed E-state index contributed by atoms with van der Waals surface area (Å²) in [5.41, 5.74) is 0.989. The van der Waals surface area contributed by atoms with Crippen LogP contribution in [-0.2, 0) is 16.1 Å². The van der Waals surface area contributed by atoms with Gasteiger partial charge in [0.2, 0.25) is 0 Å². The highest BCUT2D eigenvalue weighted by Crippen LogP contribution is 2.26. The lowest BCUT2D eigenvalue weighted by Crippen LogP contribution is -2.24. The first-order valence-electron chi connectivity index (χ1n) is 6.49. The minimum atomic E-state index is -0.257. The van der Waals surface area contributed by atoms with Gasteiger partial charge in [0.15, 0.2) is 0 Å². The van der Waals surface area contributed by atoms with Crippen LogP contribution in [0.15, 0.2) is 4.79 Å². The number of thiophene rings is 1. The molecule has 0 amide bonds. The predicted octanol–water partition coefficient (Wildman–Crippen LogP) is 2.34. The van der Waals surface area contributed by atoms with Crippen LogP contribution >= 0.6 is 11.3 Å². The van der Waals surface area contributed by atoms with Crippen molar-refractivity contribution in [2.75, 3.05) is 7.11 Å². The fourth-order valence-corrected chi connectivity index (χ4v) is 3.24. The van der Waals surface area contributed by atoms with Gasteiger partial charge in [-0.25, -0.2) is 4.98 Å². The van der Waals surface area contributed by atoms with E-state index in [-0.39, 0.29) is 11.5 Å². The normalized spacial score (nSPS) is 11.0. The van der Waals surface area contributed by atoms with Gasteiger partial charge in [-0.3, -0.25) is 14.2 Å². The number of hydrogen-bond donors (Lipinski definition) is 0. The number of aryl methyl sites for hydroxylation is 3. The van der Waals surface area contributed by atoms with Gasteiger partial charge in [-0.1, -0.05) is 0 Å². The monoisotopic (exact) mass is 294 g/mol. The summed E-state index contributed by atoms with van der Waals surface area (Å²) >= 11 is 1.55. The van der Waals surface area contributed by atoms with Crippen molar-refractivity contribution in [1.82, 2.24) is 9.55 Å². The van der Waals surface area contributed by atoms with Crippen LogP contribution in [0, 0.1) is 20.8 Å². The molecule has 20 heavy (non-hydrogen) atoms. The third kappa shape index (κ3) is 2.60. The Bertz CT molecular complexity index is 715. The molecule has 0 aliphatic carbocycles. The summed E-state index contributed by atoms with van der Waals surface area (Å²) in [5, 5.41) is 0.705. The van der Waals surface area contributed by atoms with Crippen molar-refractivity contribution in [2.24, 2.45) is 0 Å². The smallest absolute Gasteiger partial charge is 0.305 e. The summed E-state index contributed by atoms with van der Waals surface area (Å²) in [7, 11) is 1.37. The maximum atomic E-state index is 12.5. The van der Waals surface area contributed by atoms with Gasteiger partial charge in [0, 0.05) is 17.8 Å². The molecule has 0 spiro atoms. The third-order valence-corrected chi connectivity index (χ3v) is 4.57. The molecule has 0 unspecified atom stereocenters. The highest BCUT2D eigenvalue weighted by atomic mass is 32.1. The molecule has 2 aromatic rings. The second-order valence-electron chi connectivity index (χ2n) is 4.76. The molecule has 2 rings (SSSR count). The topological polar surface area (TPSA) is 61.2 Å². The Hall–Kier alpha value is -1.69. The second kappa shape index (κ2) is 5.75. The number of carbonyl (C=O) groups excluding carboxylic acids is 1. The first kappa shape index (κ1) is 14.7. The summed E-state index contributed by atoms with van der Waals surface area (Å²) in [6.45, 7) is 6.25. The number of methoxy groups -OCH3 is 1. The minimum absolute atomic E-state index is 0.0146.